The third kappa shape index (κ3) is 5.17. The van der Waals surface area contributed by atoms with E-state index in [1.54, 1.807) is 55.5 Å². The Labute approximate surface area is 214 Å². The van der Waals surface area contributed by atoms with Crippen molar-refractivity contribution in [3.63, 3.8) is 0 Å². The Morgan fingerprint density at radius 1 is 1.03 bits per heavy atom. The molecular weight excluding hydrogens is 476 g/mol. The normalized spacial score (nSPS) is 15.2. The number of esters is 2. The first-order chi connectivity index (χ1) is 17.8. The number of carbonyl (C=O) groups is 3. The lowest BCUT2D eigenvalue weighted by atomic mass is 9.80. The predicted octanol–water partition coefficient (Wildman–Crippen LogP) is 2.27. The van der Waals surface area contributed by atoms with Crippen LogP contribution < -0.4 is 16.0 Å². The molecule has 0 aliphatic carbocycles. The minimum atomic E-state index is -0.982. The van der Waals surface area contributed by atoms with Gasteiger partial charge in [-0.15, -0.1) is 0 Å². The van der Waals surface area contributed by atoms with Crippen LogP contribution >= 0.6 is 0 Å². The summed E-state index contributed by atoms with van der Waals surface area (Å²) in [5, 5.41) is 12.9. The highest BCUT2D eigenvalue weighted by molar-refractivity contribution is 6.07. The highest BCUT2D eigenvalue weighted by atomic mass is 16.5. The first-order valence-electron chi connectivity index (χ1n) is 11.3. The van der Waals surface area contributed by atoms with Gasteiger partial charge in [0.05, 0.1) is 49.6 Å². The summed E-state index contributed by atoms with van der Waals surface area (Å²) in [7, 11) is 3.88. The molecule has 0 bridgehead atoms. The smallest absolute Gasteiger partial charge is 0.355 e. The number of hydrogen-bond donors (Lipinski definition) is 2. The highest BCUT2D eigenvalue weighted by Crippen LogP contribution is 2.44. The van der Waals surface area contributed by atoms with Crippen LogP contribution in [-0.2, 0) is 23.8 Å². The number of hydrogen-bond acceptors (Lipinski definition) is 9. The molecule has 0 radical (unpaired) electrons. The Balaban J connectivity index is 2.32. The topological polar surface area (TPSA) is 144 Å². The summed E-state index contributed by atoms with van der Waals surface area (Å²) in [6, 6.07) is 15.7. The van der Waals surface area contributed by atoms with Crippen molar-refractivity contribution in [1.29, 1.82) is 5.26 Å². The summed E-state index contributed by atoms with van der Waals surface area (Å²) in [6.07, 6.45) is 0. The number of amides is 1. The van der Waals surface area contributed by atoms with E-state index in [0.717, 1.165) is 0 Å². The Hall–Kier alpha value is -4.62. The molecule has 1 unspecified atom stereocenters. The van der Waals surface area contributed by atoms with Crippen molar-refractivity contribution in [2.24, 2.45) is 5.73 Å². The van der Waals surface area contributed by atoms with Gasteiger partial charge < -0.3 is 25.3 Å². The molecule has 0 saturated carbocycles. The third-order valence-corrected chi connectivity index (χ3v) is 5.99. The summed E-state index contributed by atoms with van der Waals surface area (Å²) < 4.78 is 15.1. The molecule has 3 rings (SSSR count). The van der Waals surface area contributed by atoms with Crippen molar-refractivity contribution in [1.82, 2.24) is 5.32 Å². The minimum Gasteiger partial charge on any atom is -0.466 e. The number of allylic oxidation sites excluding steroid dienone is 1. The van der Waals surface area contributed by atoms with E-state index in [1.165, 1.54) is 26.2 Å². The van der Waals surface area contributed by atoms with E-state index in [2.05, 4.69) is 11.4 Å². The van der Waals surface area contributed by atoms with Crippen LogP contribution in [0.15, 0.2) is 71.2 Å². The van der Waals surface area contributed by atoms with Gasteiger partial charge in [0.25, 0.3) is 5.91 Å². The van der Waals surface area contributed by atoms with Gasteiger partial charge in [-0.05, 0) is 30.2 Å². The van der Waals surface area contributed by atoms with Gasteiger partial charge in [0.1, 0.15) is 11.5 Å². The maximum absolute atomic E-state index is 13.2. The number of ether oxygens (including phenoxy) is 3. The largest absolute Gasteiger partial charge is 0.466 e. The molecule has 1 heterocycles. The number of benzene rings is 2. The number of rotatable bonds is 8. The van der Waals surface area contributed by atoms with E-state index >= 15 is 0 Å². The minimum absolute atomic E-state index is 0.0357. The summed E-state index contributed by atoms with van der Waals surface area (Å²) in [6.45, 7) is 2.30. The SMILES string of the molecule is COCCNC(=O)c1cccc(N2C(N)=C(C#N)C(c3ccccc3)C(C(=O)OC)=C2C(=O)OC)c1C. The molecule has 1 amide bonds. The van der Waals surface area contributed by atoms with Crippen LogP contribution in [0.3, 0.4) is 0 Å². The molecule has 1 aliphatic rings. The summed E-state index contributed by atoms with van der Waals surface area (Å²) >= 11 is 0. The van der Waals surface area contributed by atoms with Crippen molar-refractivity contribution in [3.8, 4) is 6.07 Å². The highest BCUT2D eigenvalue weighted by Gasteiger charge is 2.43. The Kier molecular flexibility index (Phi) is 8.66. The van der Waals surface area contributed by atoms with Crippen molar-refractivity contribution < 1.29 is 28.6 Å². The van der Waals surface area contributed by atoms with Gasteiger partial charge in [-0.2, -0.15) is 5.26 Å². The molecule has 10 nitrogen and oxygen atoms in total. The lowest BCUT2D eigenvalue weighted by Crippen LogP contribution is -2.41. The second kappa shape index (κ2) is 11.9. The van der Waals surface area contributed by atoms with Crippen LogP contribution in [0.4, 0.5) is 5.69 Å². The van der Waals surface area contributed by atoms with Crippen LogP contribution in [0.1, 0.15) is 27.4 Å². The van der Waals surface area contributed by atoms with E-state index < -0.39 is 17.9 Å². The quantitative estimate of drug-likeness (QED) is 0.408. The van der Waals surface area contributed by atoms with Crippen LogP contribution in [-0.4, -0.2) is 52.3 Å². The Morgan fingerprint density at radius 2 is 1.70 bits per heavy atom. The fourth-order valence-electron chi connectivity index (χ4n) is 4.24. The Morgan fingerprint density at radius 3 is 2.30 bits per heavy atom. The van der Waals surface area contributed by atoms with Gasteiger partial charge in [-0.3, -0.25) is 9.69 Å². The number of carbonyl (C=O) groups excluding carboxylic acids is 3. The molecule has 1 atom stereocenters. The molecule has 0 saturated heterocycles. The zero-order valence-electron chi connectivity index (χ0n) is 21.0. The number of nitrogens with one attached hydrogen (secondary N) is 1. The molecule has 0 fully saturated rings. The standard InChI is InChI=1S/C27H28N4O6/c1-16-18(25(32)30-13-14-35-2)11-8-12-20(16)31-23(27(34)37-4)22(26(33)36-3)21(19(15-28)24(31)29)17-9-6-5-7-10-17/h5-12,21H,13-14,29H2,1-4H3,(H,30,32). The molecule has 2 aromatic rings. The van der Waals surface area contributed by atoms with Crippen LogP contribution in [0.2, 0.25) is 0 Å². The van der Waals surface area contributed by atoms with Gasteiger partial charge in [0.2, 0.25) is 0 Å². The van der Waals surface area contributed by atoms with E-state index in [4.69, 9.17) is 19.9 Å². The molecule has 3 N–H and O–H groups in total. The number of nitriles is 1. The van der Waals surface area contributed by atoms with Crippen LogP contribution in [0.25, 0.3) is 0 Å². The first-order valence-corrected chi connectivity index (χ1v) is 11.3. The molecule has 10 heteroatoms. The van der Waals surface area contributed by atoms with E-state index in [0.29, 0.717) is 35.5 Å². The number of nitrogens with zero attached hydrogens (tertiary/aromatic N) is 2. The second-order valence-corrected chi connectivity index (χ2v) is 8.03. The average Bonchev–Trinajstić information content (AvgIpc) is 2.92. The maximum atomic E-state index is 13.2. The average molecular weight is 505 g/mol. The molecule has 2 aromatic carbocycles. The zero-order valence-corrected chi connectivity index (χ0v) is 21.0. The maximum Gasteiger partial charge on any atom is 0.355 e. The second-order valence-electron chi connectivity index (χ2n) is 8.03. The van der Waals surface area contributed by atoms with E-state index in [9.17, 15) is 19.6 Å². The van der Waals surface area contributed by atoms with Gasteiger partial charge in [-0.1, -0.05) is 36.4 Å². The molecule has 37 heavy (non-hydrogen) atoms. The summed E-state index contributed by atoms with van der Waals surface area (Å²) in [5.74, 6) is -3.12. The molecule has 0 aromatic heterocycles. The van der Waals surface area contributed by atoms with Gasteiger partial charge in [0.15, 0.2) is 0 Å². The molecule has 192 valence electrons. The lowest BCUT2D eigenvalue weighted by molar-refractivity contribution is -0.139. The third-order valence-electron chi connectivity index (χ3n) is 5.99. The molecular formula is C27H28N4O6. The summed E-state index contributed by atoms with van der Waals surface area (Å²) in [4.78, 5) is 40.5. The van der Waals surface area contributed by atoms with Crippen molar-refractivity contribution >= 4 is 23.5 Å². The monoisotopic (exact) mass is 504 g/mol. The van der Waals surface area contributed by atoms with Crippen LogP contribution in [0, 0.1) is 18.3 Å². The number of nitrogens with two attached hydrogens (primary N) is 1. The predicted molar refractivity (Wildman–Crippen MR) is 135 cm³/mol. The van der Waals surface area contributed by atoms with Gasteiger partial charge in [-0.25, -0.2) is 9.59 Å². The van der Waals surface area contributed by atoms with Gasteiger partial charge >= 0.3 is 11.9 Å². The fraction of sp³-hybridized carbons (Fsp3) is 0.259. The van der Waals surface area contributed by atoms with Crippen molar-refractivity contribution in [2.45, 2.75) is 12.8 Å². The summed E-state index contributed by atoms with van der Waals surface area (Å²) in [5.41, 5.74) is 7.91. The number of anilines is 1. The van der Waals surface area contributed by atoms with Gasteiger partial charge in [0, 0.05) is 19.2 Å². The van der Waals surface area contributed by atoms with E-state index in [-0.39, 0.29) is 28.6 Å². The Bertz CT molecular complexity index is 1310. The van der Waals surface area contributed by atoms with Crippen LogP contribution in [0.5, 0.6) is 0 Å². The number of methoxy groups -OCH3 is 3. The van der Waals surface area contributed by atoms with Crippen molar-refractivity contribution in [2.75, 3.05) is 39.4 Å². The molecule has 0 spiro atoms. The fourth-order valence-corrected chi connectivity index (χ4v) is 4.24. The van der Waals surface area contributed by atoms with Crippen molar-refractivity contribution in [3.05, 3.63) is 87.9 Å². The first kappa shape index (κ1) is 27.0. The van der Waals surface area contributed by atoms with E-state index in [1.807, 2.05) is 0 Å². The molecule has 1 aliphatic heterocycles. The lowest BCUT2D eigenvalue weighted by Gasteiger charge is -2.36. The zero-order chi connectivity index (χ0) is 27.1.